The predicted octanol–water partition coefficient (Wildman–Crippen LogP) is 4.44. The average molecular weight is 253 g/mol. The van der Waals surface area contributed by atoms with Gasteiger partial charge in [0.25, 0.3) is 0 Å². The van der Waals surface area contributed by atoms with E-state index in [1.165, 1.54) is 0 Å². The van der Waals surface area contributed by atoms with Crippen molar-refractivity contribution in [3.8, 4) is 0 Å². The molecule has 4 heteroatoms. The number of hydrogen-bond donors (Lipinski definition) is 1. The average Bonchev–Trinajstić information content (AvgIpc) is 2.24. The Morgan fingerprint density at radius 2 is 2.00 bits per heavy atom. The molecule has 82 valence electrons. The largest absolute Gasteiger partial charge is 0.354 e. The van der Waals surface area contributed by atoms with Crippen molar-refractivity contribution in [2.75, 3.05) is 5.32 Å². The zero-order valence-corrected chi connectivity index (χ0v) is 10.2. The summed E-state index contributed by atoms with van der Waals surface area (Å²) in [5.41, 5.74) is 2.85. The Kier molecular flexibility index (Phi) is 3.32. The molecule has 1 heterocycles. The number of nitrogens with zero attached hydrogens (tertiary/aromatic N) is 1. The molecule has 2 nitrogen and oxygen atoms in total. The van der Waals surface area contributed by atoms with Crippen molar-refractivity contribution < 1.29 is 0 Å². The first-order chi connectivity index (χ1) is 7.66. The molecule has 2 rings (SSSR count). The van der Waals surface area contributed by atoms with Gasteiger partial charge in [-0.15, -0.1) is 0 Å². The minimum Gasteiger partial charge on any atom is -0.354 e. The molecule has 2 aromatic rings. The molecule has 16 heavy (non-hydrogen) atoms. The van der Waals surface area contributed by atoms with Gasteiger partial charge < -0.3 is 5.32 Å². The number of pyridine rings is 1. The lowest BCUT2D eigenvalue weighted by Gasteiger charge is -2.11. The molecule has 0 atom stereocenters. The molecule has 0 aliphatic heterocycles. The number of nitrogens with one attached hydrogen (secondary N) is 1. The van der Waals surface area contributed by atoms with E-state index in [0.717, 1.165) is 16.9 Å². The summed E-state index contributed by atoms with van der Waals surface area (Å²) in [4.78, 5) is 3.92. The van der Waals surface area contributed by atoms with Crippen LogP contribution in [-0.2, 0) is 0 Å². The summed E-state index contributed by atoms with van der Waals surface area (Å²) >= 11 is 11.9. The SMILES string of the molecule is Cc1cccc(Cl)c1Nc1ccnc(Cl)c1. The van der Waals surface area contributed by atoms with Crippen molar-refractivity contribution in [2.45, 2.75) is 6.92 Å². The number of aromatic nitrogens is 1. The van der Waals surface area contributed by atoms with Crippen LogP contribution in [0.4, 0.5) is 11.4 Å². The van der Waals surface area contributed by atoms with Gasteiger partial charge in [-0.3, -0.25) is 0 Å². The zero-order valence-electron chi connectivity index (χ0n) is 8.67. The van der Waals surface area contributed by atoms with E-state index in [0.29, 0.717) is 10.2 Å². The molecule has 1 aromatic carbocycles. The van der Waals surface area contributed by atoms with Gasteiger partial charge in [-0.25, -0.2) is 4.98 Å². The Morgan fingerprint density at radius 3 is 2.69 bits per heavy atom. The number of anilines is 2. The van der Waals surface area contributed by atoms with E-state index in [-0.39, 0.29) is 0 Å². The summed E-state index contributed by atoms with van der Waals surface area (Å²) in [5, 5.41) is 4.37. The summed E-state index contributed by atoms with van der Waals surface area (Å²) in [5.74, 6) is 0. The molecule has 0 saturated heterocycles. The van der Waals surface area contributed by atoms with Crippen LogP contribution >= 0.6 is 23.2 Å². The maximum Gasteiger partial charge on any atom is 0.131 e. The van der Waals surface area contributed by atoms with Crippen molar-refractivity contribution in [3.63, 3.8) is 0 Å². The van der Waals surface area contributed by atoms with Gasteiger partial charge in [0.15, 0.2) is 0 Å². The van der Waals surface area contributed by atoms with Crippen molar-refractivity contribution in [3.05, 3.63) is 52.3 Å². The van der Waals surface area contributed by atoms with E-state index in [1.54, 1.807) is 12.3 Å². The fourth-order valence-corrected chi connectivity index (χ4v) is 1.86. The van der Waals surface area contributed by atoms with Crippen LogP contribution in [-0.4, -0.2) is 4.98 Å². The summed E-state index contributed by atoms with van der Waals surface area (Å²) in [7, 11) is 0. The highest BCUT2D eigenvalue weighted by Crippen LogP contribution is 2.28. The van der Waals surface area contributed by atoms with Gasteiger partial charge in [0.2, 0.25) is 0 Å². The standard InChI is InChI=1S/C12H10Cl2N2/c1-8-3-2-4-10(13)12(8)16-9-5-6-15-11(14)7-9/h2-7H,1H3,(H,15,16). The third kappa shape index (κ3) is 2.46. The van der Waals surface area contributed by atoms with Gasteiger partial charge in [-0.2, -0.15) is 0 Å². The number of aryl methyl sites for hydroxylation is 1. The maximum absolute atomic E-state index is 6.11. The van der Waals surface area contributed by atoms with Crippen molar-refractivity contribution >= 4 is 34.6 Å². The fraction of sp³-hybridized carbons (Fsp3) is 0.0833. The molecule has 0 radical (unpaired) electrons. The van der Waals surface area contributed by atoms with Crippen LogP contribution in [0.25, 0.3) is 0 Å². The molecule has 0 unspecified atom stereocenters. The lowest BCUT2D eigenvalue weighted by molar-refractivity contribution is 1.32. The highest BCUT2D eigenvalue weighted by Gasteiger charge is 2.04. The van der Waals surface area contributed by atoms with Crippen LogP contribution in [0.3, 0.4) is 0 Å². The number of rotatable bonds is 2. The maximum atomic E-state index is 6.11. The third-order valence-electron chi connectivity index (χ3n) is 2.22. The second kappa shape index (κ2) is 4.73. The molecule has 1 N–H and O–H groups in total. The Hall–Kier alpha value is -1.25. The minimum absolute atomic E-state index is 0.453. The monoisotopic (exact) mass is 252 g/mol. The van der Waals surface area contributed by atoms with Crippen molar-refractivity contribution in [1.82, 2.24) is 4.98 Å². The van der Waals surface area contributed by atoms with Crippen LogP contribution in [0.2, 0.25) is 10.2 Å². The Bertz CT molecular complexity index is 492. The van der Waals surface area contributed by atoms with Crippen LogP contribution in [0.5, 0.6) is 0 Å². The van der Waals surface area contributed by atoms with Crippen molar-refractivity contribution in [2.24, 2.45) is 0 Å². The summed E-state index contributed by atoms with van der Waals surface area (Å²) < 4.78 is 0. The van der Waals surface area contributed by atoms with E-state index in [2.05, 4.69) is 10.3 Å². The topological polar surface area (TPSA) is 24.9 Å². The molecule has 0 bridgehead atoms. The molecule has 0 spiro atoms. The van der Waals surface area contributed by atoms with E-state index >= 15 is 0 Å². The van der Waals surface area contributed by atoms with Gasteiger partial charge >= 0.3 is 0 Å². The molecule has 0 aliphatic rings. The number of halogens is 2. The Balaban J connectivity index is 2.34. The summed E-state index contributed by atoms with van der Waals surface area (Å²) in [6, 6.07) is 9.36. The highest BCUT2D eigenvalue weighted by molar-refractivity contribution is 6.33. The Labute approximate surface area is 104 Å². The normalized spacial score (nSPS) is 10.2. The van der Waals surface area contributed by atoms with Crippen molar-refractivity contribution in [1.29, 1.82) is 0 Å². The smallest absolute Gasteiger partial charge is 0.131 e. The number of hydrogen-bond acceptors (Lipinski definition) is 2. The lowest BCUT2D eigenvalue weighted by atomic mass is 10.2. The van der Waals surface area contributed by atoms with E-state index in [1.807, 2.05) is 31.2 Å². The first-order valence-corrected chi connectivity index (χ1v) is 5.56. The molecule has 0 saturated carbocycles. The van der Waals surface area contributed by atoms with Crippen LogP contribution < -0.4 is 5.32 Å². The molecule has 0 amide bonds. The minimum atomic E-state index is 0.453. The zero-order chi connectivity index (χ0) is 11.5. The highest BCUT2D eigenvalue weighted by atomic mass is 35.5. The quantitative estimate of drug-likeness (QED) is 0.800. The molecular weight excluding hydrogens is 243 g/mol. The van der Waals surface area contributed by atoms with Gasteiger partial charge in [0.05, 0.1) is 10.7 Å². The summed E-state index contributed by atoms with van der Waals surface area (Å²) in [6.07, 6.45) is 1.65. The van der Waals surface area contributed by atoms with Gasteiger partial charge in [0.1, 0.15) is 5.15 Å². The van der Waals surface area contributed by atoms with Crippen LogP contribution in [0, 0.1) is 6.92 Å². The molecule has 0 aliphatic carbocycles. The summed E-state index contributed by atoms with van der Waals surface area (Å²) in [6.45, 7) is 2.00. The van der Waals surface area contributed by atoms with Crippen LogP contribution in [0.15, 0.2) is 36.5 Å². The number of para-hydroxylation sites is 1. The molecule has 1 aromatic heterocycles. The fourth-order valence-electron chi connectivity index (χ4n) is 1.41. The van der Waals surface area contributed by atoms with E-state index in [9.17, 15) is 0 Å². The Morgan fingerprint density at radius 1 is 1.19 bits per heavy atom. The molecule has 0 fully saturated rings. The molecular formula is C12H10Cl2N2. The number of benzene rings is 1. The lowest BCUT2D eigenvalue weighted by Crippen LogP contribution is -1.94. The predicted molar refractivity (Wildman–Crippen MR) is 68.7 cm³/mol. The third-order valence-corrected chi connectivity index (χ3v) is 2.74. The second-order valence-electron chi connectivity index (χ2n) is 3.42. The van der Waals surface area contributed by atoms with E-state index < -0.39 is 0 Å². The van der Waals surface area contributed by atoms with E-state index in [4.69, 9.17) is 23.2 Å². The van der Waals surface area contributed by atoms with Gasteiger partial charge in [0, 0.05) is 11.9 Å². The first-order valence-electron chi connectivity index (χ1n) is 4.80. The van der Waals surface area contributed by atoms with Gasteiger partial charge in [-0.1, -0.05) is 35.3 Å². The first kappa shape index (κ1) is 11.2. The van der Waals surface area contributed by atoms with Crippen LogP contribution in [0.1, 0.15) is 5.56 Å². The second-order valence-corrected chi connectivity index (χ2v) is 4.22. The van der Waals surface area contributed by atoms with Gasteiger partial charge in [-0.05, 0) is 30.7 Å².